The highest BCUT2D eigenvalue weighted by Gasteiger charge is 2.22. The second kappa shape index (κ2) is 6.99. The Morgan fingerprint density at radius 1 is 1.26 bits per heavy atom. The van der Waals surface area contributed by atoms with E-state index < -0.39 is 36.7 Å². The molecular weight excluding hydrogens is 338 g/mol. The Labute approximate surface area is 134 Å². The molecular formula is C14H12ClF4N3O. The zero-order valence-electron chi connectivity index (χ0n) is 11.9. The lowest BCUT2D eigenvalue weighted by atomic mass is 10.2. The minimum Gasteiger partial charge on any atom is -0.324 e. The summed E-state index contributed by atoms with van der Waals surface area (Å²) in [6, 6.07) is 5.39. The molecule has 9 heteroatoms. The molecule has 0 saturated carbocycles. The lowest BCUT2D eigenvalue weighted by Crippen LogP contribution is -2.21. The van der Waals surface area contributed by atoms with E-state index in [4.69, 9.17) is 11.6 Å². The molecule has 23 heavy (non-hydrogen) atoms. The highest BCUT2D eigenvalue weighted by molar-refractivity contribution is 6.31. The lowest BCUT2D eigenvalue weighted by molar-refractivity contribution is -0.117. The monoisotopic (exact) mass is 349 g/mol. The van der Waals surface area contributed by atoms with E-state index in [1.165, 1.54) is 6.07 Å². The van der Waals surface area contributed by atoms with Crippen molar-refractivity contribution in [3.8, 4) is 0 Å². The van der Waals surface area contributed by atoms with Gasteiger partial charge in [-0.1, -0.05) is 17.7 Å². The molecule has 0 aliphatic carbocycles. The number of rotatable bonds is 5. The number of alkyl halides is 4. The largest absolute Gasteiger partial charge is 0.324 e. The number of carbonyl (C=O) groups excluding carboxylic acids is 1. The zero-order chi connectivity index (χ0) is 17.1. The Kier molecular flexibility index (Phi) is 5.25. The summed E-state index contributed by atoms with van der Waals surface area (Å²) in [4.78, 5) is 12.0. The maximum atomic E-state index is 12.8. The summed E-state index contributed by atoms with van der Waals surface area (Å²) >= 11 is 5.81. The fraction of sp³-hybridized carbons (Fsp3) is 0.286. The first kappa shape index (κ1) is 17.3. The number of aryl methyl sites for hydroxylation is 1. The molecule has 0 aliphatic heterocycles. The van der Waals surface area contributed by atoms with Crippen LogP contribution in [0.4, 0.5) is 23.2 Å². The van der Waals surface area contributed by atoms with Crippen molar-refractivity contribution in [1.82, 2.24) is 9.78 Å². The van der Waals surface area contributed by atoms with E-state index in [1.54, 1.807) is 19.1 Å². The topological polar surface area (TPSA) is 46.9 Å². The third-order valence-corrected chi connectivity index (χ3v) is 3.28. The number of nitrogens with zero attached hydrogens (tertiary/aromatic N) is 2. The first-order chi connectivity index (χ1) is 10.8. The van der Waals surface area contributed by atoms with Gasteiger partial charge in [-0.15, -0.1) is 0 Å². The van der Waals surface area contributed by atoms with E-state index in [2.05, 4.69) is 10.4 Å². The number of carbonyl (C=O) groups is 1. The Balaban J connectivity index is 2.18. The highest BCUT2D eigenvalue weighted by Crippen LogP contribution is 2.25. The van der Waals surface area contributed by atoms with Crippen LogP contribution in [0.1, 0.15) is 29.8 Å². The maximum Gasteiger partial charge on any atom is 0.282 e. The number of benzene rings is 1. The molecule has 0 bridgehead atoms. The van der Waals surface area contributed by atoms with Crippen molar-refractivity contribution < 1.29 is 22.4 Å². The summed E-state index contributed by atoms with van der Waals surface area (Å²) in [5.41, 5.74) is -0.418. The molecule has 1 aromatic carbocycles. The SMILES string of the molecule is Cc1ccc(Cl)cc1NC(=O)Cn1nc(C(F)F)cc1C(F)F. The molecule has 1 aromatic heterocycles. The highest BCUT2D eigenvalue weighted by atomic mass is 35.5. The summed E-state index contributed by atoms with van der Waals surface area (Å²) in [6.07, 6.45) is -6.01. The van der Waals surface area contributed by atoms with E-state index in [9.17, 15) is 22.4 Å². The van der Waals surface area contributed by atoms with Gasteiger partial charge in [-0.05, 0) is 30.7 Å². The molecule has 0 unspecified atom stereocenters. The van der Waals surface area contributed by atoms with Crippen LogP contribution < -0.4 is 5.32 Å². The maximum absolute atomic E-state index is 12.8. The van der Waals surface area contributed by atoms with E-state index in [0.717, 1.165) is 0 Å². The molecule has 0 saturated heterocycles. The molecule has 2 rings (SSSR count). The van der Waals surface area contributed by atoms with Crippen molar-refractivity contribution in [3.63, 3.8) is 0 Å². The number of hydrogen-bond acceptors (Lipinski definition) is 2. The molecule has 0 radical (unpaired) electrons. The van der Waals surface area contributed by atoms with Crippen molar-refractivity contribution in [1.29, 1.82) is 0 Å². The third kappa shape index (κ3) is 4.22. The van der Waals surface area contributed by atoms with Gasteiger partial charge in [-0.3, -0.25) is 9.48 Å². The van der Waals surface area contributed by atoms with Gasteiger partial charge in [0.25, 0.3) is 12.9 Å². The van der Waals surface area contributed by atoms with Crippen LogP contribution in [0, 0.1) is 6.92 Å². The summed E-state index contributed by atoms with van der Waals surface area (Å²) in [6.45, 7) is 1.11. The van der Waals surface area contributed by atoms with Crippen LogP contribution in [-0.4, -0.2) is 15.7 Å². The normalized spacial score (nSPS) is 11.3. The van der Waals surface area contributed by atoms with Crippen LogP contribution in [0.15, 0.2) is 24.3 Å². The van der Waals surface area contributed by atoms with E-state index in [-0.39, 0.29) is 0 Å². The quantitative estimate of drug-likeness (QED) is 0.815. The molecule has 1 amide bonds. The van der Waals surface area contributed by atoms with Crippen LogP contribution in [-0.2, 0) is 11.3 Å². The number of nitrogens with one attached hydrogen (secondary N) is 1. The van der Waals surface area contributed by atoms with Crippen LogP contribution in [0.2, 0.25) is 5.02 Å². The van der Waals surface area contributed by atoms with Crippen LogP contribution >= 0.6 is 11.6 Å². The van der Waals surface area contributed by atoms with Crippen molar-refractivity contribution in [2.24, 2.45) is 0 Å². The Morgan fingerprint density at radius 2 is 1.96 bits per heavy atom. The number of halogens is 5. The molecule has 1 N–H and O–H groups in total. The van der Waals surface area contributed by atoms with Gasteiger partial charge in [-0.2, -0.15) is 5.10 Å². The Hall–Kier alpha value is -2.09. The Bertz CT molecular complexity index is 718. The number of anilines is 1. The van der Waals surface area contributed by atoms with Crippen LogP contribution in [0.3, 0.4) is 0 Å². The van der Waals surface area contributed by atoms with Gasteiger partial charge in [0.1, 0.15) is 17.9 Å². The van der Waals surface area contributed by atoms with Gasteiger partial charge >= 0.3 is 0 Å². The van der Waals surface area contributed by atoms with Crippen molar-refractivity contribution in [2.75, 3.05) is 5.32 Å². The second-order valence-electron chi connectivity index (χ2n) is 4.76. The molecule has 2 aromatic rings. The van der Waals surface area contributed by atoms with Crippen molar-refractivity contribution in [2.45, 2.75) is 26.3 Å². The molecule has 1 heterocycles. The van der Waals surface area contributed by atoms with Gasteiger partial charge in [0, 0.05) is 10.7 Å². The van der Waals surface area contributed by atoms with E-state index >= 15 is 0 Å². The predicted molar refractivity (Wildman–Crippen MR) is 77.0 cm³/mol. The standard InChI is InChI=1S/C14H12ClF4N3O/c1-7-2-3-8(15)4-9(7)20-12(23)6-22-11(14(18)19)5-10(21-22)13(16)17/h2-5,13-14H,6H2,1H3,(H,20,23). The van der Waals surface area contributed by atoms with Crippen LogP contribution in [0.5, 0.6) is 0 Å². The van der Waals surface area contributed by atoms with E-state index in [1.807, 2.05) is 0 Å². The lowest BCUT2D eigenvalue weighted by Gasteiger charge is -2.10. The average Bonchev–Trinajstić information content (AvgIpc) is 2.87. The molecule has 0 spiro atoms. The molecule has 0 aliphatic rings. The van der Waals surface area contributed by atoms with E-state index in [0.29, 0.717) is 27.0 Å². The first-order valence-corrected chi connectivity index (χ1v) is 6.85. The average molecular weight is 350 g/mol. The van der Waals surface area contributed by atoms with Gasteiger partial charge in [0.15, 0.2) is 0 Å². The van der Waals surface area contributed by atoms with Crippen LogP contribution in [0.25, 0.3) is 0 Å². The first-order valence-electron chi connectivity index (χ1n) is 6.48. The van der Waals surface area contributed by atoms with Crippen molar-refractivity contribution >= 4 is 23.2 Å². The van der Waals surface area contributed by atoms with Gasteiger partial charge < -0.3 is 5.32 Å². The molecule has 0 atom stereocenters. The minimum atomic E-state index is -3.02. The third-order valence-electron chi connectivity index (χ3n) is 3.04. The summed E-state index contributed by atoms with van der Waals surface area (Å²) in [5.74, 6) is -0.679. The van der Waals surface area contributed by atoms with Gasteiger partial charge in [0.2, 0.25) is 5.91 Å². The zero-order valence-corrected chi connectivity index (χ0v) is 12.6. The number of hydrogen-bond donors (Lipinski definition) is 1. The number of amides is 1. The minimum absolute atomic E-state index is 0.387. The fourth-order valence-corrected chi connectivity index (χ4v) is 2.09. The summed E-state index contributed by atoms with van der Waals surface area (Å²) in [5, 5.41) is 6.23. The van der Waals surface area contributed by atoms with Gasteiger partial charge in [-0.25, -0.2) is 17.6 Å². The molecule has 124 valence electrons. The molecule has 4 nitrogen and oxygen atoms in total. The smallest absolute Gasteiger partial charge is 0.282 e. The fourth-order valence-electron chi connectivity index (χ4n) is 1.92. The summed E-state index contributed by atoms with van der Waals surface area (Å²) < 4.78 is 51.4. The second-order valence-corrected chi connectivity index (χ2v) is 5.20. The predicted octanol–water partition coefficient (Wildman–Crippen LogP) is 4.36. The van der Waals surface area contributed by atoms with Gasteiger partial charge in [0.05, 0.1) is 0 Å². The molecule has 0 fully saturated rings. The van der Waals surface area contributed by atoms with Crippen molar-refractivity contribution in [3.05, 3.63) is 46.2 Å². The number of aromatic nitrogens is 2. The Morgan fingerprint density at radius 3 is 2.57 bits per heavy atom. The summed E-state index contributed by atoms with van der Waals surface area (Å²) in [7, 11) is 0.